The second kappa shape index (κ2) is 7.81. The van der Waals surface area contributed by atoms with Crippen LogP contribution in [0.25, 0.3) is 5.69 Å². The summed E-state index contributed by atoms with van der Waals surface area (Å²) in [6.45, 7) is 5.22. The van der Waals surface area contributed by atoms with Crippen LogP contribution in [0.5, 0.6) is 0 Å². The number of sulfonamides is 1. The third-order valence-electron chi connectivity index (χ3n) is 5.32. The highest BCUT2D eigenvalue weighted by molar-refractivity contribution is 7.89. The molecule has 1 aromatic heterocycles. The normalized spacial score (nSPS) is 15.5. The topological polar surface area (TPSA) is 58.4 Å². The molecule has 0 amide bonds. The number of benzene rings is 2. The van der Waals surface area contributed by atoms with E-state index in [2.05, 4.69) is 10.00 Å². The van der Waals surface area contributed by atoms with Crippen LogP contribution in [0.15, 0.2) is 53.4 Å². The molecule has 0 bridgehead atoms. The molecule has 0 radical (unpaired) electrons. The molecule has 0 N–H and O–H groups in total. The zero-order chi connectivity index (χ0) is 21.5. The lowest BCUT2D eigenvalue weighted by atomic mass is 10.2. The van der Waals surface area contributed by atoms with Gasteiger partial charge in [-0.05, 0) is 38.1 Å². The summed E-state index contributed by atoms with van der Waals surface area (Å²) in [5, 5.41) is 4.65. The largest absolute Gasteiger partial charge is 0.366 e. The highest BCUT2D eigenvalue weighted by Crippen LogP contribution is 2.29. The maximum atomic E-state index is 14.0. The number of nitrogens with zero attached hydrogens (tertiary/aromatic N) is 4. The quantitative estimate of drug-likeness (QED) is 0.635. The highest BCUT2D eigenvalue weighted by atomic mass is 32.2. The molecule has 1 fully saturated rings. The summed E-state index contributed by atoms with van der Waals surface area (Å²) in [7, 11) is -4.03. The number of para-hydroxylation sites is 1. The molecule has 2 aromatic carbocycles. The van der Waals surface area contributed by atoms with Crippen molar-refractivity contribution in [3.05, 3.63) is 71.6 Å². The predicted molar refractivity (Wildman–Crippen MR) is 110 cm³/mol. The average molecular weight is 432 g/mol. The van der Waals surface area contributed by atoms with Gasteiger partial charge in [-0.25, -0.2) is 21.9 Å². The number of halogens is 2. The van der Waals surface area contributed by atoms with Crippen molar-refractivity contribution in [1.29, 1.82) is 0 Å². The summed E-state index contributed by atoms with van der Waals surface area (Å²) < 4.78 is 55.9. The zero-order valence-electron chi connectivity index (χ0n) is 16.7. The standard InChI is InChI=1S/C21H22F2N4O2S/c1-15-21(16(2)27(24-15)18-6-4-3-5-7-18)25-10-12-26(13-11-25)30(28,29)20-9-8-17(22)14-19(20)23/h3-9,14H,10-13H2,1-2H3. The summed E-state index contributed by atoms with van der Waals surface area (Å²) >= 11 is 0. The van der Waals surface area contributed by atoms with Gasteiger partial charge >= 0.3 is 0 Å². The van der Waals surface area contributed by atoms with Crippen LogP contribution in [0.2, 0.25) is 0 Å². The van der Waals surface area contributed by atoms with Crippen LogP contribution in [0.1, 0.15) is 11.4 Å². The number of hydrogen-bond acceptors (Lipinski definition) is 4. The Morgan fingerprint density at radius 1 is 0.933 bits per heavy atom. The van der Waals surface area contributed by atoms with Crippen molar-refractivity contribution in [3.63, 3.8) is 0 Å². The van der Waals surface area contributed by atoms with Gasteiger partial charge in [0.15, 0.2) is 0 Å². The molecule has 1 aliphatic rings. The van der Waals surface area contributed by atoms with E-state index >= 15 is 0 Å². The van der Waals surface area contributed by atoms with Gasteiger partial charge in [0, 0.05) is 32.2 Å². The minimum atomic E-state index is -4.03. The first-order valence-corrected chi connectivity index (χ1v) is 11.0. The molecule has 158 valence electrons. The molecule has 1 aliphatic heterocycles. The number of anilines is 1. The molecular weight excluding hydrogens is 410 g/mol. The first kappa shape index (κ1) is 20.5. The third-order valence-corrected chi connectivity index (χ3v) is 7.25. The van der Waals surface area contributed by atoms with E-state index in [4.69, 9.17) is 0 Å². The van der Waals surface area contributed by atoms with Gasteiger partial charge in [0.05, 0.1) is 22.8 Å². The number of aromatic nitrogens is 2. The van der Waals surface area contributed by atoms with Crippen molar-refractivity contribution in [2.24, 2.45) is 0 Å². The molecule has 4 rings (SSSR count). The van der Waals surface area contributed by atoms with Gasteiger partial charge in [-0.2, -0.15) is 9.40 Å². The van der Waals surface area contributed by atoms with Gasteiger partial charge in [0.2, 0.25) is 10.0 Å². The lowest BCUT2D eigenvalue weighted by Gasteiger charge is -2.35. The van der Waals surface area contributed by atoms with Crippen molar-refractivity contribution in [2.75, 3.05) is 31.1 Å². The lowest BCUT2D eigenvalue weighted by Crippen LogP contribution is -2.49. The van der Waals surface area contributed by atoms with Crippen molar-refractivity contribution in [2.45, 2.75) is 18.7 Å². The third kappa shape index (κ3) is 3.59. The molecule has 0 spiro atoms. The first-order chi connectivity index (χ1) is 14.3. The monoisotopic (exact) mass is 432 g/mol. The van der Waals surface area contributed by atoms with Crippen molar-refractivity contribution < 1.29 is 17.2 Å². The van der Waals surface area contributed by atoms with Crippen LogP contribution in [0.4, 0.5) is 14.5 Å². The first-order valence-electron chi connectivity index (χ1n) is 9.61. The number of rotatable bonds is 4. The number of hydrogen-bond donors (Lipinski definition) is 0. The molecule has 0 atom stereocenters. The Bertz CT molecular complexity index is 1170. The van der Waals surface area contributed by atoms with Gasteiger partial charge in [-0.3, -0.25) is 0 Å². The SMILES string of the molecule is Cc1nn(-c2ccccc2)c(C)c1N1CCN(S(=O)(=O)c2ccc(F)cc2F)CC1. The Morgan fingerprint density at radius 2 is 1.60 bits per heavy atom. The molecule has 30 heavy (non-hydrogen) atoms. The summed E-state index contributed by atoms with van der Waals surface area (Å²) in [5.41, 5.74) is 3.76. The fourth-order valence-corrected chi connectivity index (χ4v) is 5.36. The van der Waals surface area contributed by atoms with Crippen molar-refractivity contribution in [3.8, 4) is 5.69 Å². The van der Waals surface area contributed by atoms with Gasteiger partial charge < -0.3 is 4.90 Å². The summed E-state index contributed by atoms with van der Waals surface area (Å²) in [4.78, 5) is 1.60. The van der Waals surface area contributed by atoms with Gasteiger partial charge in [-0.15, -0.1) is 0 Å². The molecule has 2 heterocycles. The Hall–Kier alpha value is -2.78. The Kier molecular flexibility index (Phi) is 5.33. The molecule has 3 aromatic rings. The second-order valence-corrected chi connectivity index (χ2v) is 9.14. The van der Waals surface area contributed by atoms with Crippen LogP contribution >= 0.6 is 0 Å². The molecule has 6 nitrogen and oxygen atoms in total. The van der Waals surface area contributed by atoms with Crippen LogP contribution < -0.4 is 4.90 Å². The lowest BCUT2D eigenvalue weighted by molar-refractivity contribution is 0.382. The van der Waals surface area contributed by atoms with E-state index in [0.29, 0.717) is 19.2 Å². The Balaban J connectivity index is 1.55. The van der Waals surface area contributed by atoms with Crippen molar-refractivity contribution in [1.82, 2.24) is 14.1 Å². The summed E-state index contributed by atoms with van der Waals surface area (Å²) in [6.07, 6.45) is 0. The van der Waals surface area contributed by atoms with E-state index in [1.807, 2.05) is 48.9 Å². The van der Waals surface area contributed by atoms with E-state index < -0.39 is 26.6 Å². The maximum Gasteiger partial charge on any atom is 0.246 e. The van der Waals surface area contributed by atoms with E-state index in [0.717, 1.165) is 34.9 Å². The Labute approximate surface area is 174 Å². The number of piperazine rings is 1. The second-order valence-electron chi connectivity index (χ2n) is 7.23. The predicted octanol–water partition coefficient (Wildman–Crippen LogP) is 3.28. The fraction of sp³-hybridized carbons (Fsp3) is 0.286. The van der Waals surface area contributed by atoms with Gasteiger partial charge in [0.25, 0.3) is 0 Å². The average Bonchev–Trinajstić information content (AvgIpc) is 3.02. The van der Waals surface area contributed by atoms with Crippen LogP contribution in [0, 0.1) is 25.5 Å². The molecule has 1 saturated heterocycles. The summed E-state index contributed by atoms with van der Waals surface area (Å²) in [6, 6.07) is 12.3. The van der Waals surface area contributed by atoms with Crippen LogP contribution in [0.3, 0.4) is 0 Å². The maximum absolute atomic E-state index is 14.0. The molecule has 0 unspecified atom stereocenters. The van der Waals surface area contributed by atoms with E-state index in [9.17, 15) is 17.2 Å². The minimum absolute atomic E-state index is 0.203. The molecule has 9 heteroatoms. The zero-order valence-corrected chi connectivity index (χ0v) is 17.5. The van der Waals surface area contributed by atoms with Gasteiger partial charge in [0.1, 0.15) is 16.5 Å². The number of aryl methyl sites for hydroxylation is 1. The van der Waals surface area contributed by atoms with Gasteiger partial charge in [-0.1, -0.05) is 18.2 Å². The minimum Gasteiger partial charge on any atom is -0.366 e. The van der Waals surface area contributed by atoms with Crippen molar-refractivity contribution >= 4 is 15.7 Å². The van der Waals surface area contributed by atoms with Crippen LogP contribution in [-0.4, -0.2) is 48.7 Å². The molecular formula is C21H22F2N4O2S. The van der Waals surface area contributed by atoms with Crippen LogP contribution in [-0.2, 0) is 10.0 Å². The fourth-order valence-electron chi connectivity index (χ4n) is 3.89. The smallest absolute Gasteiger partial charge is 0.246 e. The Morgan fingerprint density at radius 3 is 2.23 bits per heavy atom. The highest BCUT2D eigenvalue weighted by Gasteiger charge is 2.32. The molecule has 0 aliphatic carbocycles. The van der Waals surface area contributed by atoms with E-state index in [1.165, 1.54) is 4.31 Å². The summed E-state index contributed by atoms with van der Waals surface area (Å²) in [5.74, 6) is -1.88. The molecule has 0 saturated carbocycles. The van der Waals surface area contributed by atoms with E-state index in [1.54, 1.807) is 0 Å². The van der Waals surface area contributed by atoms with E-state index in [-0.39, 0.29) is 13.1 Å².